The number of carbonyl (C=O) groups excluding carboxylic acids is 1. The minimum atomic E-state index is -1.40. The minimum Gasteiger partial charge on any atom is -0.281 e. The fraction of sp³-hybridized carbons (Fsp3) is 0.250. The maximum atomic E-state index is 11.5. The van der Waals surface area contributed by atoms with E-state index in [4.69, 9.17) is 0 Å². The second-order valence-electron chi connectivity index (χ2n) is 4.32. The van der Waals surface area contributed by atoms with Crippen LogP contribution in [0.25, 0.3) is 0 Å². The second-order valence-corrected chi connectivity index (χ2v) is 9.07. The summed E-state index contributed by atoms with van der Waals surface area (Å²) in [5.41, 5.74) is 3.72. The highest BCUT2D eigenvalue weighted by atomic mass is 28.3. The molecule has 0 aliphatic heterocycles. The molecule has 0 bridgehead atoms. The van der Waals surface area contributed by atoms with Crippen molar-refractivity contribution in [1.29, 1.82) is 0 Å². The molecule has 0 aliphatic rings. The Balaban J connectivity index is 2.61. The summed E-state index contributed by atoms with van der Waals surface area (Å²) in [6, 6.07) is 11.8. The van der Waals surface area contributed by atoms with Gasteiger partial charge in [0.1, 0.15) is 8.07 Å². The van der Waals surface area contributed by atoms with Crippen LogP contribution in [0.2, 0.25) is 19.6 Å². The van der Waals surface area contributed by atoms with E-state index in [1.54, 1.807) is 12.1 Å². The minimum absolute atomic E-state index is 0.138. The van der Waals surface area contributed by atoms with Crippen LogP contribution in [0.15, 0.2) is 30.3 Å². The normalized spacial score (nSPS) is 10.1. The third kappa shape index (κ3) is 4.48. The Kier molecular flexibility index (Phi) is 3.70. The maximum absolute atomic E-state index is 11.5. The van der Waals surface area contributed by atoms with Crippen LogP contribution in [0.5, 0.6) is 0 Å². The highest BCUT2D eigenvalue weighted by Gasteiger charge is 2.08. The van der Waals surface area contributed by atoms with Crippen molar-refractivity contribution in [2.24, 2.45) is 0 Å². The van der Waals surface area contributed by atoms with Crippen LogP contribution in [0.1, 0.15) is 10.4 Å². The maximum Gasteiger partial charge on any atom is 0.262 e. The SMILES string of the molecule is C[Si](C)(C)C#CNC(=O)c1ccccc1. The van der Waals surface area contributed by atoms with Gasteiger partial charge in [0.15, 0.2) is 0 Å². The van der Waals surface area contributed by atoms with Gasteiger partial charge in [0.05, 0.1) is 0 Å². The molecule has 0 fully saturated rings. The molecule has 0 radical (unpaired) electrons. The van der Waals surface area contributed by atoms with Gasteiger partial charge < -0.3 is 0 Å². The van der Waals surface area contributed by atoms with Gasteiger partial charge >= 0.3 is 0 Å². The third-order valence-corrected chi connectivity index (χ3v) is 2.52. The van der Waals surface area contributed by atoms with E-state index in [-0.39, 0.29) is 5.91 Å². The number of benzene rings is 1. The summed E-state index contributed by atoms with van der Waals surface area (Å²) in [6.07, 6.45) is 0. The summed E-state index contributed by atoms with van der Waals surface area (Å²) in [5, 5.41) is 2.59. The lowest BCUT2D eigenvalue weighted by atomic mass is 10.2. The Morgan fingerprint density at radius 3 is 2.33 bits per heavy atom. The third-order valence-electron chi connectivity index (χ3n) is 1.65. The van der Waals surface area contributed by atoms with Crippen molar-refractivity contribution in [2.45, 2.75) is 19.6 Å². The molecule has 0 saturated heterocycles. The lowest BCUT2D eigenvalue weighted by molar-refractivity contribution is 0.0973. The van der Waals surface area contributed by atoms with E-state index in [0.717, 1.165) is 0 Å². The van der Waals surface area contributed by atoms with Crippen molar-refractivity contribution in [3.63, 3.8) is 0 Å². The molecule has 15 heavy (non-hydrogen) atoms. The molecule has 1 N–H and O–H groups in total. The van der Waals surface area contributed by atoms with E-state index >= 15 is 0 Å². The second kappa shape index (κ2) is 4.81. The average molecular weight is 217 g/mol. The first-order valence-corrected chi connectivity index (χ1v) is 8.36. The van der Waals surface area contributed by atoms with Gasteiger partial charge in [-0.2, -0.15) is 0 Å². The Labute approximate surface area is 91.7 Å². The van der Waals surface area contributed by atoms with Gasteiger partial charge in [-0.15, -0.1) is 5.54 Å². The summed E-state index contributed by atoms with van der Waals surface area (Å²) < 4.78 is 0. The van der Waals surface area contributed by atoms with Crippen molar-refractivity contribution in [3.8, 4) is 11.6 Å². The molecule has 0 atom stereocenters. The van der Waals surface area contributed by atoms with Crippen LogP contribution in [0, 0.1) is 11.6 Å². The quantitative estimate of drug-likeness (QED) is 0.436. The molecule has 0 heterocycles. The molecule has 1 aromatic carbocycles. The first-order valence-electron chi connectivity index (χ1n) is 4.86. The van der Waals surface area contributed by atoms with Gasteiger partial charge in [-0.3, -0.25) is 10.1 Å². The fourth-order valence-electron chi connectivity index (χ4n) is 0.937. The van der Waals surface area contributed by atoms with Crippen molar-refractivity contribution in [1.82, 2.24) is 5.32 Å². The summed E-state index contributed by atoms with van der Waals surface area (Å²) >= 11 is 0. The monoisotopic (exact) mass is 217 g/mol. The van der Waals surface area contributed by atoms with Gasteiger partial charge in [0.2, 0.25) is 0 Å². The predicted molar refractivity (Wildman–Crippen MR) is 65.0 cm³/mol. The van der Waals surface area contributed by atoms with E-state index in [1.807, 2.05) is 18.2 Å². The zero-order valence-corrected chi connectivity index (χ0v) is 10.3. The highest BCUT2D eigenvalue weighted by molar-refractivity contribution is 6.83. The molecule has 0 aliphatic carbocycles. The molecular weight excluding hydrogens is 202 g/mol. The number of nitrogens with one attached hydrogen (secondary N) is 1. The standard InChI is InChI=1S/C12H15NOSi/c1-15(2,3)10-9-13-12(14)11-7-5-4-6-8-11/h4-8H,1-3H3,(H,13,14). The zero-order chi connectivity index (χ0) is 11.3. The Hall–Kier alpha value is -1.53. The Bertz CT molecular complexity index is 395. The van der Waals surface area contributed by atoms with Gasteiger partial charge in [-0.05, 0) is 12.1 Å². The molecule has 3 heteroatoms. The molecule has 1 amide bonds. The van der Waals surface area contributed by atoms with Gasteiger partial charge in [-0.1, -0.05) is 37.8 Å². The smallest absolute Gasteiger partial charge is 0.262 e. The van der Waals surface area contributed by atoms with Crippen molar-refractivity contribution < 1.29 is 4.79 Å². The van der Waals surface area contributed by atoms with E-state index < -0.39 is 8.07 Å². The molecule has 0 aromatic heterocycles. The predicted octanol–water partition coefficient (Wildman–Crippen LogP) is 2.25. The number of carbonyl (C=O) groups is 1. The van der Waals surface area contributed by atoms with Crippen LogP contribution in [0.4, 0.5) is 0 Å². The van der Waals surface area contributed by atoms with Crippen LogP contribution < -0.4 is 5.32 Å². The van der Waals surface area contributed by atoms with E-state index in [1.165, 1.54) is 0 Å². The highest BCUT2D eigenvalue weighted by Crippen LogP contribution is 1.98. The van der Waals surface area contributed by atoms with Crippen molar-refractivity contribution >= 4 is 14.0 Å². The van der Waals surface area contributed by atoms with Crippen molar-refractivity contribution in [2.75, 3.05) is 0 Å². The topological polar surface area (TPSA) is 29.1 Å². The number of hydrogen-bond donors (Lipinski definition) is 1. The molecule has 2 nitrogen and oxygen atoms in total. The van der Waals surface area contributed by atoms with Gasteiger partial charge in [-0.25, -0.2) is 0 Å². The number of hydrogen-bond acceptors (Lipinski definition) is 1. The van der Waals surface area contributed by atoms with Crippen LogP contribution in [-0.4, -0.2) is 14.0 Å². The first-order chi connectivity index (χ1) is 6.99. The van der Waals surface area contributed by atoms with Crippen LogP contribution in [0.3, 0.4) is 0 Å². The summed E-state index contributed by atoms with van der Waals surface area (Å²) in [4.78, 5) is 11.5. The summed E-state index contributed by atoms with van der Waals surface area (Å²) in [5.74, 6) is -0.138. The molecule has 0 spiro atoms. The van der Waals surface area contributed by atoms with E-state index in [9.17, 15) is 4.79 Å². The first kappa shape index (κ1) is 11.5. The lowest BCUT2D eigenvalue weighted by Crippen LogP contribution is -2.21. The Morgan fingerprint density at radius 1 is 1.20 bits per heavy atom. The number of amides is 1. The fourth-order valence-corrected chi connectivity index (χ4v) is 1.37. The summed E-state index contributed by atoms with van der Waals surface area (Å²) in [6.45, 7) is 6.40. The van der Waals surface area contributed by atoms with Crippen LogP contribution in [-0.2, 0) is 0 Å². The molecular formula is C12H15NOSi. The molecule has 0 unspecified atom stereocenters. The summed E-state index contributed by atoms with van der Waals surface area (Å²) in [7, 11) is -1.40. The van der Waals surface area contributed by atoms with Crippen LogP contribution >= 0.6 is 0 Å². The largest absolute Gasteiger partial charge is 0.281 e. The van der Waals surface area contributed by atoms with Crippen molar-refractivity contribution in [3.05, 3.63) is 35.9 Å². The Morgan fingerprint density at radius 2 is 1.80 bits per heavy atom. The van der Waals surface area contributed by atoms with E-state index in [0.29, 0.717) is 5.56 Å². The average Bonchev–Trinajstić information content (AvgIpc) is 2.17. The molecule has 1 rings (SSSR count). The van der Waals surface area contributed by atoms with E-state index in [2.05, 4.69) is 36.5 Å². The van der Waals surface area contributed by atoms with Gasteiger partial charge in [0.25, 0.3) is 5.91 Å². The van der Waals surface area contributed by atoms with Gasteiger partial charge in [0, 0.05) is 11.6 Å². The lowest BCUT2D eigenvalue weighted by Gasteiger charge is -2.03. The molecule has 78 valence electrons. The molecule has 1 aromatic rings. The number of rotatable bonds is 1. The molecule has 0 saturated carbocycles. The zero-order valence-electron chi connectivity index (χ0n) is 9.29.